The minimum Gasteiger partial charge on any atom is -0.353 e. The third-order valence-corrected chi connectivity index (χ3v) is 7.77. The molecule has 1 aromatic carbocycles. The molecule has 1 heterocycles. The second kappa shape index (κ2) is 14.0. The molecule has 0 aliphatic heterocycles. The van der Waals surface area contributed by atoms with E-state index in [4.69, 9.17) is 10.2 Å². The smallest absolute Gasteiger partial charge is 0.224 e. The first-order valence-corrected chi connectivity index (χ1v) is 13.7. The molecule has 0 spiro atoms. The number of fused-ring (bicyclic) bond motifs is 1. The molecule has 0 radical (unpaired) electrons. The van der Waals surface area contributed by atoms with E-state index in [1.807, 2.05) is 26.8 Å². The lowest BCUT2D eigenvalue weighted by atomic mass is 9.91. The molecule has 36 heavy (non-hydrogen) atoms. The van der Waals surface area contributed by atoms with Gasteiger partial charge in [0, 0.05) is 31.7 Å². The molecule has 7 heteroatoms. The van der Waals surface area contributed by atoms with Crippen LogP contribution in [0.3, 0.4) is 0 Å². The third-order valence-electron chi connectivity index (χ3n) is 6.73. The number of hydrogen-bond donors (Lipinski definition) is 1. The van der Waals surface area contributed by atoms with E-state index < -0.39 is 5.92 Å². The number of hydrogen-bond acceptors (Lipinski definition) is 6. The van der Waals surface area contributed by atoms with E-state index in [9.17, 15) is 14.4 Å². The Morgan fingerprint density at radius 1 is 1.17 bits per heavy atom. The number of allylic oxidation sites excluding steroid dienone is 1. The van der Waals surface area contributed by atoms with Crippen LogP contribution in [0, 0.1) is 23.2 Å². The van der Waals surface area contributed by atoms with Crippen molar-refractivity contribution in [1.82, 2.24) is 10.3 Å². The highest BCUT2D eigenvalue weighted by Gasteiger charge is 2.28. The van der Waals surface area contributed by atoms with Crippen molar-refractivity contribution in [3.8, 4) is 6.07 Å². The summed E-state index contributed by atoms with van der Waals surface area (Å²) in [6.45, 7) is 13.8. The number of benzene rings is 1. The van der Waals surface area contributed by atoms with Crippen LogP contribution in [-0.2, 0) is 20.8 Å². The number of rotatable bonds is 15. The monoisotopic (exact) mass is 509 g/mol. The second-order valence-corrected chi connectivity index (χ2v) is 11.1. The summed E-state index contributed by atoms with van der Waals surface area (Å²) in [6.07, 6.45) is 3.16. The number of aromatic nitrogens is 1. The summed E-state index contributed by atoms with van der Waals surface area (Å²) >= 11 is 1.58. The molecule has 0 unspecified atom stereocenters. The highest BCUT2D eigenvalue weighted by molar-refractivity contribution is 7.18. The van der Waals surface area contributed by atoms with Gasteiger partial charge < -0.3 is 5.32 Å². The van der Waals surface area contributed by atoms with Gasteiger partial charge in [0.1, 0.15) is 11.9 Å². The van der Waals surface area contributed by atoms with Gasteiger partial charge in [0.2, 0.25) is 5.91 Å². The first-order valence-electron chi connectivity index (χ1n) is 12.9. The molecule has 0 fully saturated rings. The lowest BCUT2D eigenvalue weighted by molar-refractivity contribution is -0.130. The summed E-state index contributed by atoms with van der Waals surface area (Å²) in [7, 11) is 0. The zero-order chi connectivity index (χ0) is 26.8. The maximum absolute atomic E-state index is 13.5. The van der Waals surface area contributed by atoms with Crippen LogP contribution in [0.5, 0.6) is 0 Å². The van der Waals surface area contributed by atoms with E-state index in [-0.39, 0.29) is 47.8 Å². The normalized spacial score (nSPS) is 13.7. The molecule has 0 bridgehead atoms. The van der Waals surface area contributed by atoms with Crippen molar-refractivity contribution in [2.75, 3.05) is 0 Å². The zero-order valence-electron chi connectivity index (χ0n) is 22.2. The molecule has 3 atom stereocenters. The number of nitrogens with zero attached hydrogens (tertiary/aromatic N) is 2. The molecular weight excluding hydrogens is 470 g/mol. The SMILES string of the molecule is C=C(C#N)C(=O)CC[C@@H](NC(=O)[C@@H](CC(=O)CCC)Cc1nc2ccc(C(C)C)cc2s1)[C@@H](C)CC. The topological polar surface area (TPSA) is 99.9 Å². The summed E-state index contributed by atoms with van der Waals surface area (Å²) in [5.41, 5.74) is 2.09. The summed E-state index contributed by atoms with van der Waals surface area (Å²) in [5.74, 6) is -0.379. The Balaban J connectivity index is 2.23. The molecule has 6 nitrogen and oxygen atoms in total. The highest BCUT2D eigenvalue weighted by atomic mass is 32.1. The highest BCUT2D eigenvalue weighted by Crippen LogP contribution is 2.28. The first-order chi connectivity index (χ1) is 17.1. The largest absolute Gasteiger partial charge is 0.353 e. The lowest BCUT2D eigenvalue weighted by Crippen LogP contribution is -2.43. The molecule has 0 aliphatic rings. The quantitative estimate of drug-likeness (QED) is 0.224. The summed E-state index contributed by atoms with van der Waals surface area (Å²) in [4.78, 5) is 42.9. The number of amides is 1. The average molecular weight is 510 g/mol. The number of carbonyl (C=O) groups excluding carboxylic acids is 3. The van der Waals surface area contributed by atoms with E-state index in [0.717, 1.165) is 28.1 Å². The van der Waals surface area contributed by atoms with Crippen LogP contribution in [0.2, 0.25) is 0 Å². The number of Topliss-reactive ketones (excluding diaryl/α,β-unsaturated/α-hetero) is 2. The summed E-state index contributed by atoms with van der Waals surface area (Å²) in [5, 5.41) is 12.9. The number of ketones is 2. The molecule has 2 rings (SSSR count). The van der Waals surface area contributed by atoms with Crippen LogP contribution in [0.1, 0.15) is 89.6 Å². The van der Waals surface area contributed by atoms with Crippen LogP contribution in [0.4, 0.5) is 0 Å². The average Bonchev–Trinajstić information content (AvgIpc) is 3.26. The van der Waals surface area contributed by atoms with E-state index >= 15 is 0 Å². The number of nitrogens with one attached hydrogen (secondary N) is 1. The van der Waals surface area contributed by atoms with Gasteiger partial charge in [-0.05, 0) is 42.4 Å². The van der Waals surface area contributed by atoms with E-state index in [1.54, 1.807) is 17.4 Å². The second-order valence-electron chi connectivity index (χ2n) is 9.94. The number of thiazole rings is 1. The number of carbonyl (C=O) groups is 3. The first kappa shape index (κ1) is 29.4. The van der Waals surface area contributed by atoms with Crippen molar-refractivity contribution in [3.05, 3.63) is 40.9 Å². The molecule has 0 saturated carbocycles. The van der Waals surface area contributed by atoms with Gasteiger partial charge in [0.05, 0.1) is 26.7 Å². The van der Waals surface area contributed by atoms with Crippen LogP contribution < -0.4 is 5.32 Å². The van der Waals surface area contributed by atoms with E-state index in [0.29, 0.717) is 25.2 Å². The number of nitriles is 1. The summed E-state index contributed by atoms with van der Waals surface area (Å²) in [6, 6.07) is 7.83. The lowest BCUT2D eigenvalue weighted by Gasteiger charge is -2.26. The molecule has 0 saturated heterocycles. The van der Waals surface area contributed by atoms with Crippen molar-refractivity contribution in [2.45, 2.75) is 91.5 Å². The molecule has 1 N–H and O–H groups in total. The Kier molecular flexibility index (Phi) is 11.5. The minimum absolute atomic E-state index is 0.0660. The molecule has 2 aromatic rings. The van der Waals surface area contributed by atoms with Crippen molar-refractivity contribution >= 4 is 39.0 Å². The zero-order valence-corrected chi connectivity index (χ0v) is 23.0. The Morgan fingerprint density at radius 3 is 2.50 bits per heavy atom. The molecule has 1 aromatic heterocycles. The van der Waals surface area contributed by atoms with Gasteiger partial charge in [-0.15, -0.1) is 11.3 Å². The van der Waals surface area contributed by atoms with Gasteiger partial charge in [-0.25, -0.2) is 4.98 Å². The maximum Gasteiger partial charge on any atom is 0.224 e. The van der Waals surface area contributed by atoms with Gasteiger partial charge in [-0.3, -0.25) is 14.4 Å². The van der Waals surface area contributed by atoms with E-state index in [2.05, 4.69) is 37.9 Å². The summed E-state index contributed by atoms with van der Waals surface area (Å²) < 4.78 is 1.09. The Hall–Kier alpha value is -2.85. The van der Waals surface area contributed by atoms with Gasteiger partial charge >= 0.3 is 0 Å². The Morgan fingerprint density at radius 2 is 1.89 bits per heavy atom. The van der Waals surface area contributed by atoms with Crippen molar-refractivity contribution in [3.63, 3.8) is 0 Å². The van der Waals surface area contributed by atoms with Crippen LogP contribution in [-0.4, -0.2) is 28.5 Å². The van der Waals surface area contributed by atoms with Crippen molar-refractivity contribution in [1.29, 1.82) is 5.26 Å². The van der Waals surface area contributed by atoms with Gasteiger partial charge in [0.15, 0.2) is 5.78 Å². The third kappa shape index (κ3) is 8.37. The predicted octanol–water partition coefficient (Wildman–Crippen LogP) is 6.30. The minimum atomic E-state index is -0.523. The fourth-order valence-corrected chi connectivity index (χ4v) is 5.24. The predicted molar refractivity (Wildman–Crippen MR) is 146 cm³/mol. The van der Waals surface area contributed by atoms with Crippen molar-refractivity contribution in [2.24, 2.45) is 11.8 Å². The van der Waals surface area contributed by atoms with E-state index in [1.165, 1.54) is 5.56 Å². The van der Waals surface area contributed by atoms with Crippen LogP contribution in [0.15, 0.2) is 30.4 Å². The van der Waals surface area contributed by atoms with Crippen LogP contribution in [0.25, 0.3) is 10.2 Å². The maximum atomic E-state index is 13.5. The van der Waals surface area contributed by atoms with Gasteiger partial charge in [0.25, 0.3) is 0 Å². The molecule has 1 amide bonds. The Bertz CT molecular complexity index is 1130. The fraction of sp³-hybridized carbons (Fsp3) is 0.552. The van der Waals surface area contributed by atoms with Gasteiger partial charge in [-0.1, -0.05) is 53.7 Å². The Labute approximate surface area is 219 Å². The fourth-order valence-electron chi connectivity index (χ4n) is 4.14. The molecular formula is C29H39N3O3S. The molecule has 0 aliphatic carbocycles. The molecule has 194 valence electrons. The van der Waals surface area contributed by atoms with Gasteiger partial charge in [-0.2, -0.15) is 5.26 Å². The van der Waals surface area contributed by atoms with Crippen LogP contribution >= 0.6 is 11.3 Å². The standard InChI is InChI=1S/C29H39N3O3S/c1-7-9-23(33)14-22(16-28-31-25-11-10-21(18(3)4)15-27(25)36-28)29(35)32-24(19(5)8-2)12-13-26(34)20(6)17-30/h10-11,15,18-19,22,24H,6-9,12-14,16H2,1-5H3,(H,32,35)/t19-,22-,24+/m0/s1. The van der Waals surface area contributed by atoms with Crippen molar-refractivity contribution < 1.29 is 14.4 Å².